The number of nitrogens with zero attached hydrogens (tertiary/aromatic N) is 3. The lowest BCUT2D eigenvalue weighted by Crippen LogP contribution is -2.50. The maximum absolute atomic E-state index is 12.2. The number of para-hydroxylation sites is 1. The number of hydrogen-bond donors (Lipinski definition) is 2. The number of anilines is 1. The van der Waals surface area contributed by atoms with Crippen molar-refractivity contribution in [1.29, 1.82) is 5.26 Å². The monoisotopic (exact) mass is 343 g/mol. The van der Waals surface area contributed by atoms with Gasteiger partial charge in [0.05, 0.1) is 17.3 Å². The van der Waals surface area contributed by atoms with Gasteiger partial charge in [0.1, 0.15) is 6.07 Å². The van der Waals surface area contributed by atoms with Gasteiger partial charge in [-0.2, -0.15) is 5.26 Å². The van der Waals surface area contributed by atoms with Crippen LogP contribution in [0, 0.1) is 11.3 Å². The van der Waals surface area contributed by atoms with Gasteiger partial charge in [0.2, 0.25) is 5.91 Å². The largest absolute Gasteiger partial charge is 0.369 e. The Hall–Kier alpha value is -2.59. The van der Waals surface area contributed by atoms with Gasteiger partial charge in [-0.1, -0.05) is 12.1 Å². The summed E-state index contributed by atoms with van der Waals surface area (Å²) in [7, 11) is 0. The van der Waals surface area contributed by atoms with Crippen molar-refractivity contribution in [2.24, 2.45) is 0 Å². The van der Waals surface area contributed by atoms with Gasteiger partial charge in [-0.3, -0.25) is 15.0 Å². The Morgan fingerprint density at radius 3 is 2.72 bits per heavy atom. The molecule has 1 fully saturated rings. The molecule has 1 heterocycles. The van der Waals surface area contributed by atoms with E-state index in [1.54, 1.807) is 6.92 Å². The Balaban J connectivity index is 1.98. The third-order valence-corrected chi connectivity index (χ3v) is 4.40. The lowest BCUT2D eigenvalue weighted by Gasteiger charge is -2.27. The number of nitrogens with one attached hydrogen (secondary N) is 2. The highest BCUT2D eigenvalue weighted by Gasteiger charge is 2.25. The van der Waals surface area contributed by atoms with Crippen LogP contribution < -0.4 is 15.5 Å². The molecule has 134 valence electrons. The van der Waals surface area contributed by atoms with Crippen LogP contribution in [0.25, 0.3) is 0 Å². The zero-order valence-corrected chi connectivity index (χ0v) is 14.8. The summed E-state index contributed by atoms with van der Waals surface area (Å²) in [4.78, 5) is 28.0. The summed E-state index contributed by atoms with van der Waals surface area (Å²) in [6.45, 7) is 7.13. The van der Waals surface area contributed by atoms with E-state index in [9.17, 15) is 14.9 Å². The van der Waals surface area contributed by atoms with Gasteiger partial charge in [-0.25, -0.2) is 4.79 Å². The highest BCUT2D eigenvalue weighted by molar-refractivity contribution is 5.96. The first kappa shape index (κ1) is 18.7. The van der Waals surface area contributed by atoms with Crippen molar-refractivity contribution in [3.05, 3.63) is 29.8 Å². The molecule has 0 aromatic heterocycles. The molecule has 1 aromatic rings. The molecule has 2 N–H and O–H groups in total. The van der Waals surface area contributed by atoms with Crippen LogP contribution >= 0.6 is 0 Å². The number of hydrogen-bond acceptors (Lipinski definition) is 5. The quantitative estimate of drug-likeness (QED) is 0.860. The fourth-order valence-corrected chi connectivity index (χ4v) is 3.00. The van der Waals surface area contributed by atoms with Crippen molar-refractivity contribution in [1.82, 2.24) is 15.5 Å². The molecule has 7 heteroatoms. The Morgan fingerprint density at radius 2 is 2.00 bits per heavy atom. The highest BCUT2D eigenvalue weighted by Crippen LogP contribution is 2.21. The van der Waals surface area contributed by atoms with Crippen molar-refractivity contribution in [2.75, 3.05) is 37.6 Å². The first-order valence-electron chi connectivity index (χ1n) is 8.63. The van der Waals surface area contributed by atoms with Gasteiger partial charge in [-0.05, 0) is 32.4 Å². The number of benzene rings is 1. The Labute approximate surface area is 148 Å². The van der Waals surface area contributed by atoms with Crippen LogP contribution in [0.1, 0.15) is 25.8 Å². The molecule has 0 radical (unpaired) electrons. The normalized spacial score (nSPS) is 16.4. The fraction of sp³-hybridized carbons (Fsp3) is 0.500. The van der Waals surface area contributed by atoms with Crippen LogP contribution in [0.5, 0.6) is 0 Å². The van der Waals surface area contributed by atoms with Gasteiger partial charge in [-0.15, -0.1) is 0 Å². The van der Waals surface area contributed by atoms with Crippen molar-refractivity contribution < 1.29 is 9.59 Å². The predicted molar refractivity (Wildman–Crippen MR) is 96.2 cm³/mol. The van der Waals surface area contributed by atoms with Crippen molar-refractivity contribution in [3.8, 4) is 6.07 Å². The van der Waals surface area contributed by atoms with E-state index >= 15 is 0 Å². The average molecular weight is 343 g/mol. The van der Waals surface area contributed by atoms with E-state index in [1.165, 1.54) is 0 Å². The Morgan fingerprint density at radius 1 is 1.24 bits per heavy atom. The number of carbonyl (C=O) groups is 2. The van der Waals surface area contributed by atoms with E-state index in [1.807, 2.05) is 31.2 Å². The van der Waals surface area contributed by atoms with Crippen molar-refractivity contribution in [2.45, 2.75) is 26.3 Å². The second-order valence-corrected chi connectivity index (χ2v) is 6.03. The second kappa shape index (κ2) is 9.04. The lowest BCUT2D eigenvalue weighted by molar-refractivity contribution is -0.124. The number of urea groups is 1. The minimum Gasteiger partial charge on any atom is -0.369 e. The van der Waals surface area contributed by atoms with Crippen LogP contribution in [-0.2, 0) is 4.79 Å². The maximum Gasteiger partial charge on any atom is 0.321 e. The van der Waals surface area contributed by atoms with Gasteiger partial charge in [0.25, 0.3) is 0 Å². The minimum absolute atomic E-state index is 0.295. The average Bonchev–Trinajstić information content (AvgIpc) is 2.87. The van der Waals surface area contributed by atoms with E-state index in [0.29, 0.717) is 18.7 Å². The number of carbonyl (C=O) groups excluding carboxylic acids is 2. The molecule has 0 unspecified atom stereocenters. The van der Waals surface area contributed by atoms with E-state index in [2.05, 4.69) is 26.5 Å². The van der Waals surface area contributed by atoms with Gasteiger partial charge in [0, 0.05) is 32.7 Å². The van der Waals surface area contributed by atoms with Crippen LogP contribution in [-0.4, -0.2) is 55.6 Å². The van der Waals surface area contributed by atoms with Crippen LogP contribution in [0.2, 0.25) is 0 Å². The first-order valence-corrected chi connectivity index (χ1v) is 8.63. The fourth-order valence-electron chi connectivity index (χ4n) is 3.00. The third kappa shape index (κ3) is 4.94. The SMILES string of the molecule is CCNC(=O)NC(=O)[C@H](C)N1CCCN(c2ccccc2C#N)CC1. The summed E-state index contributed by atoms with van der Waals surface area (Å²) in [6, 6.07) is 8.97. The smallest absolute Gasteiger partial charge is 0.321 e. The van der Waals surface area contributed by atoms with E-state index in [-0.39, 0.29) is 11.9 Å². The topological polar surface area (TPSA) is 88.5 Å². The Kier molecular flexibility index (Phi) is 6.78. The molecular formula is C18H25N5O2. The van der Waals surface area contributed by atoms with Crippen LogP contribution in [0.4, 0.5) is 10.5 Å². The molecule has 2 rings (SSSR count). The molecule has 1 saturated heterocycles. The molecular weight excluding hydrogens is 318 g/mol. The molecule has 1 atom stereocenters. The van der Waals surface area contributed by atoms with E-state index in [0.717, 1.165) is 31.7 Å². The van der Waals surface area contributed by atoms with Gasteiger partial charge in [0.15, 0.2) is 0 Å². The maximum atomic E-state index is 12.2. The zero-order valence-electron chi connectivity index (χ0n) is 14.8. The summed E-state index contributed by atoms with van der Waals surface area (Å²) in [5.74, 6) is -0.295. The number of amides is 3. The summed E-state index contributed by atoms with van der Waals surface area (Å²) in [5.41, 5.74) is 1.60. The lowest BCUT2D eigenvalue weighted by atomic mass is 10.1. The summed E-state index contributed by atoms with van der Waals surface area (Å²) >= 11 is 0. The standard InChI is InChI=1S/C18H25N5O2/c1-3-20-18(25)21-17(24)14(2)22-9-6-10-23(12-11-22)16-8-5-4-7-15(16)13-19/h4-5,7-8,14H,3,6,9-12H2,1-2H3,(H2,20,21,24,25)/t14-/m0/s1. The summed E-state index contributed by atoms with van der Waals surface area (Å²) in [6.07, 6.45) is 0.887. The molecule has 3 amide bonds. The molecule has 1 aliphatic heterocycles. The molecule has 7 nitrogen and oxygen atoms in total. The summed E-state index contributed by atoms with van der Waals surface area (Å²) < 4.78 is 0. The van der Waals surface area contributed by atoms with Gasteiger partial charge < -0.3 is 10.2 Å². The van der Waals surface area contributed by atoms with Crippen molar-refractivity contribution >= 4 is 17.6 Å². The Bertz CT molecular complexity index is 655. The molecule has 0 aliphatic carbocycles. The zero-order chi connectivity index (χ0) is 18.2. The second-order valence-electron chi connectivity index (χ2n) is 6.03. The molecule has 1 aliphatic rings. The molecule has 25 heavy (non-hydrogen) atoms. The summed E-state index contributed by atoms with van der Waals surface area (Å²) in [5, 5.41) is 14.2. The highest BCUT2D eigenvalue weighted by atomic mass is 16.2. The number of nitriles is 1. The van der Waals surface area contributed by atoms with Crippen molar-refractivity contribution in [3.63, 3.8) is 0 Å². The number of rotatable bonds is 4. The predicted octanol–water partition coefficient (Wildman–Crippen LogP) is 1.30. The number of imide groups is 1. The van der Waals surface area contributed by atoms with E-state index < -0.39 is 6.03 Å². The third-order valence-electron chi connectivity index (χ3n) is 4.40. The van der Waals surface area contributed by atoms with Crippen LogP contribution in [0.3, 0.4) is 0 Å². The molecule has 0 spiro atoms. The molecule has 1 aromatic carbocycles. The first-order chi connectivity index (χ1) is 12.1. The minimum atomic E-state index is -0.459. The molecule has 0 bridgehead atoms. The molecule has 0 saturated carbocycles. The van der Waals surface area contributed by atoms with Gasteiger partial charge >= 0.3 is 6.03 Å². The van der Waals surface area contributed by atoms with Crippen LogP contribution in [0.15, 0.2) is 24.3 Å². The van der Waals surface area contributed by atoms with E-state index in [4.69, 9.17) is 0 Å².